The van der Waals surface area contributed by atoms with Crippen LogP contribution in [0.4, 0.5) is 11.8 Å². The zero-order chi connectivity index (χ0) is 14.4. The molecule has 0 saturated heterocycles. The zero-order valence-electron chi connectivity index (χ0n) is 12.1. The molecule has 2 aromatic rings. The van der Waals surface area contributed by atoms with E-state index in [1.807, 2.05) is 4.57 Å². The van der Waals surface area contributed by atoms with Crippen LogP contribution in [0.15, 0.2) is 12.5 Å². The Balaban J connectivity index is 1.91. The lowest BCUT2D eigenvalue weighted by atomic mass is 10.0. The van der Waals surface area contributed by atoms with E-state index in [4.69, 9.17) is 5.73 Å². The van der Waals surface area contributed by atoms with Crippen molar-refractivity contribution in [3.05, 3.63) is 18.3 Å². The summed E-state index contributed by atoms with van der Waals surface area (Å²) in [6.45, 7) is 2.18. The van der Waals surface area contributed by atoms with Crippen LogP contribution in [0.3, 0.4) is 0 Å². The molecule has 1 fully saturated rings. The molecule has 2 aromatic heterocycles. The second-order valence-corrected chi connectivity index (χ2v) is 5.77. The van der Waals surface area contributed by atoms with Crippen molar-refractivity contribution >= 4 is 11.8 Å². The van der Waals surface area contributed by atoms with Gasteiger partial charge in [0.25, 0.3) is 0 Å². The molecule has 2 N–H and O–H groups in total. The summed E-state index contributed by atoms with van der Waals surface area (Å²) in [6, 6.07) is 0.714. The van der Waals surface area contributed by atoms with Gasteiger partial charge in [-0.05, 0) is 19.3 Å². The summed E-state index contributed by atoms with van der Waals surface area (Å²) >= 11 is 0. The highest BCUT2D eigenvalue weighted by atomic mass is 15.4. The second-order valence-electron chi connectivity index (χ2n) is 5.77. The van der Waals surface area contributed by atoms with E-state index in [1.54, 1.807) is 12.5 Å². The van der Waals surface area contributed by atoms with E-state index < -0.39 is 0 Å². The molecule has 1 aliphatic heterocycles. The maximum Gasteiger partial charge on any atom is 0.222 e. The van der Waals surface area contributed by atoms with Gasteiger partial charge in [0.15, 0.2) is 11.6 Å². The summed E-state index contributed by atoms with van der Waals surface area (Å²) in [5, 5.41) is 8.42. The third-order valence-electron chi connectivity index (χ3n) is 4.59. The van der Waals surface area contributed by atoms with Gasteiger partial charge in [0.05, 0.1) is 12.2 Å². The first-order chi connectivity index (χ1) is 10.3. The summed E-state index contributed by atoms with van der Waals surface area (Å²) in [4.78, 5) is 11.1. The van der Waals surface area contributed by atoms with Crippen LogP contribution in [0.1, 0.15) is 50.9 Å². The van der Waals surface area contributed by atoms with E-state index in [0.29, 0.717) is 12.0 Å². The minimum atomic E-state index is 0.206. The van der Waals surface area contributed by atoms with E-state index in [0.717, 1.165) is 23.8 Å². The molecule has 21 heavy (non-hydrogen) atoms. The summed E-state index contributed by atoms with van der Waals surface area (Å²) < 4.78 is 1.99. The maximum absolute atomic E-state index is 5.84. The minimum Gasteiger partial charge on any atom is -0.368 e. The van der Waals surface area contributed by atoms with E-state index in [1.165, 1.54) is 25.7 Å². The van der Waals surface area contributed by atoms with Gasteiger partial charge in [-0.3, -0.25) is 4.57 Å². The fraction of sp³-hybridized carbons (Fsp3) is 0.571. The first-order valence-electron chi connectivity index (χ1n) is 7.60. The van der Waals surface area contributed by atoms with Gasteiger partial charge in [0.1, 0.15) is 12.0 Å². The van der Waals surface area contributed by atoms with E-state index in [9.17, 15) is 0 Å². The van der Waals surface area contributed by atoms with E-state index in [2.05, 4.69) is 32.0 Å². The molecule has 7 heteroatoms. The van der Waals surface area contributed by atoms with Crippen LogP contribution in [-0.2, 0) is 0 Å². The summed E-state index contributed by atoms with van der Waals surface area (Å²) in [6.07, 6.45) is 9.45. The Kier molecular flexibility index (Phi) is 2.80. The predicted octanol–water partition coefficient (Wildman–Crippen LogP) is 1.85. The van der Waals surface area contributed by atoms with Gasteiger partial charge in [0.2, 0.25) is 5.95 Å². The zero-order valence-corrected chi connectivity index (χ0v) is 12.1. The van der Waals surface area contributed by atoms with Gasteiger partial charge >= 0.3 is 0 Å². The number of rotatable bonds is 2. The monoisotopic (exact) mass is 285 g/mol. The average molecular weight is 285 g/mol. The largest absolute Gasteiger partial charge is 0.368 e. The quantitative estimate of drug-likeness (QED) is 0.906. The summed E-state index contributed by atoms with van der Waals surface area (Å²) in [5.41, 5.74) is 6.77. The molecule has 0 amide bonds. The molecule has 4 rings (SSSR count). The van der Waals surface area contributed by atoms with Gasteiger partial charge in [-0.1, -0.05) is 19.8 Å². The number of anilines is 2. The van der Waals surface area contributed by atoms with Crippen molar-refractivity contribution in [1.29, 1.82) is 0 Å². The topological polar surface area (TPSA) is 85.8 Å². The second kappa shape index (κ2) is 4.68. The van der Waals surface area contributed by atoms with E-state index in [-0.39, 0.29) is 6.04 Å². The Morgan fingerprint density at radius 3 is 2.90 bits per heavy atom. The molecular formula is C14H19N7. The van der Waals surface area contributed by atoms with Crippen LogP contribution in [-0.4, -0.2) is 30.8 Å². The van der Waals surface area contributed by atoms with Gasteiger partial charge in [-0.15, -0.1) is 10.2 Å². The molecule has 1 atom stereocenters. The van der Waals surface area contributed by atoms with Crippen LogP contribution in [0.5, 0.6) is 0 Å². The molecule has 0 radical (unpaired) electrons. The third kappa shape index (κ3) is 1.80. The fourth-order valence-corrected chi connectivity index (χ4v) is 3.66. The molecule has 0 bridgehead atoms. The van der Waals surface area contributed by atoms with Crippen molar-refractivity contribution in [2.75, 3.05) is 10.6 Å². The number of hydrogen-bond donors (Lipinski definition) is 1. The summed E-state index contributed by atoms with van der Waals surface area (Å²) in [5.74, 6) is 2.22. The predicted molar refractivity (Wildman–Crippen MR) is 79.1 cm³/mol. The third-order valence-corrected chi connectivity index (χ3v) is 4.59. The Bertz CT molecular complexity index is 659. The van der Waals surface area contributed by atoms with E-state index >= 15 is 0 Å². The fourth-order valence-electron chi connectivity index (χ4n) is 3.66. The molecule has 3 heterocycles. The van der Waals surface area contributed by atoms with Gasteiger partial charge in [0, 0.05) is 6.04 Å². The molecule has 0 aromatic carbocycles. The van der Waals surface area contributed by atoms with Gasteiger partial charge < -0.3 is 10.6 Å². The first kappa shape index (κ1) is 12.6. The van der Waals surface area contributed by atoms with Crippen LogP contribution in [0.2, 0.25) is 0 Å². The molecule has 2 aliphatic rings. The first-order valence-corrected chi connectivity index (χ1v) is 7.60. The Morgan fingerprint density at radius 2 is 2.14 bits per heavy atom. The maximum atomic E-state index is 5.84. The minimum absolute atomic E-state index is 0.206. The number of nitrogen functional groups attached to an aromatic ring is 1. The average Bonchev–Trinajstić information content (AvgIpc) is 3.16. The standard InChI is InChI=1S/C14H19N7/c1-2-10-13-19-17-8-20(13)11-7-16-14(15)18-12(11)21(10)9-5-3-4-6-9/h7-10H,2-6H2,1H3,(H2,15,16,18). The normalized spacial score (nSPS) is 21.4. The Labute approximate surface area is 123 Å². The lowest BCUT2D eigenvalue weighted by Gasteiger charge is -2.40. The molecule has 1 unspecified atom stereocenters. The van der Waals surface area contributed by atoms with Crippen LogP contribution in [0.25, 0.3) is 5.69 Å². The molecular weight excluding hydrogens is 266 g/mol. The molecule has 0 spiro atoms. The van der Waals surface area contributed by atoms with Crippen molar-refractivity contribution in [2.45, 2.75) is 51.1 Å². The highest BCUT2D eigenvalue weighted by Crippen LogP contribution is 2.42. The van der Waals surface area contributed by atoms with Crippen molar-refractivity contribution in [3.8, 4) is 5.69 Å². The van der Waals surface area contributed by atoms with Crippen molar-refractivity contribution in [3.63, 3.8) is 0 Å². The Hall–Kier alpha value is -2.18. The number of hydrogen-bond acceptors (Lipinski definition) is 6. The molecule has 7 nitrogen and oxygen atoms in total. The number of aromatic nitrogens is 5. The van der Waals surface area contributed by atoms with Crippen LogP contribution < -0.4 is 10.6 Å². The lowest BCUT2D eigenvalue weighted by Crippen LogP contribution is -2.42. The van der Waals surface area contributed by atoms with Crippen molar-refractivity contribution < 1.29 is 0 Å². The summed E-state index contributed by atoms with van der Waals surface area (Å²) in [7, 11) is 0. The highest BCUT2D eigenvalue weighted by molar-refractivity contribution is 5.63. The SMILES string of the molecule is CCC1c2nncn2-c2cnc(N)nc2N1C1CCCC1. The van der Waals surface area contributed by atoms with Crippen molar-refractivity contribution in [2.24, 2.45) is 0 Å². The molecule has 1 aliphatic carbocycles. The Morgan fingerprint density at radius 1 is 1.33 bits per heavy atom. The lowest BCUT2D eigenvalue weighted by molar-refractivity contribution is 0.469. The number of fused-ring (bicyclic) bond motifs is 3. The number of nitrogens with zero attached hydrogens (tertiary/aromatic N) is 6. The van der Waals surface area contributed by atoms with Gasteiger partial charge in [-0.25, -0.2) is 4.98 Å². The van der Waals surface area contributed by atoms with Gasteiger partial charge in [-0.2, -0.15) is 4.98 Å². The van der Waals surface area contributed by atoms with Crippen molar-refractivity contribution in [1.82, 2.24) is 24.7 Å². The smallest absolute Gasteiger partial charge is 0.222 e. The molecule has 110 valence electrons. The van der Waals surface area contributed by atoms with Crippen LogP contribution >= 0.6 is 0 Å². The van der Waals surface area contributed by atoms with Crippen LogP contribution in [0, 0.1) is 0 Å². The number of nitrogens with two attached hydrogens (primary N) is 1. The highest BCUT2D eigenvalue weighted by Gasteiger charge is 2.38. The molecule has 1 saturated carbocycles.